The SMILES string of the molecule is Cl.Nc1ccccc1NC(=O)CCCC1CCCC1. The van der Waals surface area contributed by atoms with Gasteiger partial charge in [-0.2, -0.15) is 0 Å². The number of amides is 1. The predicted octanol–water partition coefficient (Wildman–Crippen LogP) is 3.99. The zero-order chi connectivity index (χ0) is 12.8. The molecule has 0 bridgehead atoms. The van der Waals surface area contributed by atoms with Crippen molar-refractivity contribution in [3.8, 4) is 0 Å². The van der Waals surface area contributed by atoms with E-state index in [1.54, 1.807) is 6.07 Å². The van der Waals surface area contributed by atoms with Gasteiger partial charge in [0.1, 0.15) is 0 Å². The van der Waals surface area contributed by atoms with Gasteiger partial charge in [0, 0.05) is 6.42 Å². The van der Waals surface area contributed by atoms with Crippen LogP contribution in [0, 0.1) is 5.92 Å². The Hall–Kier alpha value is -1.22. The number of rotatable bonds is 5. The Bertz CT molecular complexity index is 403. The molecule has 2 rings (SSSR count). The summed E-state index contributed by atoms with van der Waals surface area (Å²) in [4.78, 5) is 11.8. The van der Waals surface area contributed by atoms with Crippen LogP contribution in [0.3, 0.4) is 0 Å². The van der Waals surface area contributed by atoms with Gasteiger partial charge in [0.05, 0.1) is 11.4 Å². The van der Waals surface area contributed by atoms with Crippen molar-refractivity contribution in [3.63, 3.8) is 0 Å². The Kier molecular flexibility index (Phi) is 6.71. The van der Waals surface area contributed by atoms with Crippen molar-refractivity contribution in [2.75, 3.05) is 11.1 Å². The zero-order valence-electron chi connectivity index (χ0n) is 11.2. The van der Waals surface area contributed by atoms with Crippen molar-refractivity contribution in [2.45, 2.75) is 44.9 Å². The Balaban J connectivity index is 0.00000180. The number of hydrogen-bond acceptors (Lipinski definition) is 2. The highest BCUT2D eigenvalue weighted by atomic mass is 35.5. The fourth-order valence-electron chi connectivity index (χ4n) is 2.67. The van der Waals surface area contributed by atoms with Gasteiger partial charge in [-0.1, -0.05) is 37.8 Å². The number of carbonyl (C=O) groups excluding carboxylic acids is 1. The second-order valence-electron chi connectivity index (χ2n) is 5.18. The average Bonchev–Trinajstić information content (AvgIpc) is 2.85. The molecule has 0 spiro atoms. The van der Waals surface area contributed by atoms with Crippen LogP contribution in [0.2, 0.25) is 0 Å². The highest BCUT2D eigenvalue weighted by Crippen LogP contribution is 2.29. The van der Waals surface area contributed by atoms with E-state index < -0.39 is 0 Å². The standard InChI is InChI=1S/C15H22N2O.ClH/c16-13-9-3-4-10-14(13)17-15(18)11-5-8-12-6-1-2-7-12;/h3-4,9-10,12H,1-2,5-8,11,16H2,(H,17,18);1H. The van der Waals surface area contributed by atoms with Gasteiger partial charge < -0.3 is 11.1 Å². The van der Waals surface area contributed by atoms with Crippen LogP contribution in [0.5, 0.6) is 0 Å². The predicted molar refractivity (Wildman–Crippen MR) is 82.5 cm³/mol. The molecule has 1 amide bonds. The molecule has 1 aliphatic rings. The van der Waals surface area contributed by atoms with Gasteiger partial charge in [-0.15, -0.1) is 12.4 Å². The summed E-state index contributed by atoms with van der Waals surface area (Å²) in [6.07, 6.45) is 8.24. The molecular weight excluding hydrogens is 260 g/mol. The minimum Gasteiger partial charge on any atom is -0.397 e. The Morgan fingerprint density at radius 2 is 1.95 bits per heavy atom. The topological polar surface area (TPSA) is 55.1 Å². The number of nitrogens with one attached hydrogen (secondary N) is 1. The summed E-state index contributed by atoms with van der Waals surface area (Å²) in [5.41, 5.74) is 7.13. The summed E-state index contributed by atoms with van der Waals surface area (Å²) >= 11 is 0. The van der Waals surface area contributed by atoms with Gasteiger partial charge in [0.15, 0.2) is 0 Å². The lowest BCUT2D eigenvalue weighted by molar-refractivity contribution is -0.116. The van der Waals surface area contributed by atoms with Gasteiger partial charge in [-0.3, -0.25) is 4.79 Å². The number of benzene rings is 1. The maximum Gasteiger partial charge on any atom is 0.224 e. The number of carbonyl (C=O) groups is 1. The lowest BCUT2D eigenvalue weighted by atomic mass is 10.0. The van der Waals surface area contributed by atoms with Crippen molar-refractivity contribution < 1.29 is 4.79 Å². The molecule has 0 unspecified atom stereocenters. The van der Waals surface area contributed by atoms with Gasteiger partial charge in [0.2, 0.25) is 5.91 Å². The van der Waals surface area contributed by atoms with E-state index in [1.165, 1.54) is 32.1 Å². The van der Waals surface area contributed by atoms with Crippen LogP contribution in [0.15, 0.2) is 24.3 Å². The number of hydrogen-bond donors (Lipinski definition) is 2. The molecule has 1 aromatic carbocycles. The maximum absolute atomic E-state index is 11.8. The number of halogens is 1. The first-order chi connectivity index (χ1) is 8.75. The fraction of sp³-hybridized carbons (Fsp3) is 0.533. The summed E-state index contributed by atoms with van der Waals surface area (Å²) < 4.78 is 0. The quantitative estimate of drug-likeness (QED) is 0.802. The summed E-state index contributed by atoms with van der Waals surface area (Å²) in [5.74, 6) is 0.936. The summed E-state index contributed by atoms with van der Waals surface area (Å²) in [6.45, 7) is 0. The third-order valence-electron chi connectivity index (χ3n) is 3.73. The molecule has 0 aliphatic heterocycles. The van der Waals surface area contributed by atoms with E-state index in [9.17, 15) is 4.79 Å². The molecule has 0 radical (unpaired) electrons. The second-order valence-corrected chi connectivity index (χ2v) is 5.18. The Morgan fingerprint density at radius 1 is 1.26 bits per heavy atom. The van der Waals surface area contributed by atoms with Crippen LogP contribution in [-0.4, -0.2) is 5.91 Å². The van der Waals surface area contributed by atoms with E-state index in [1.807, 2.05) is 18.2 Å². The van der Waals surface area contributed by atoms with Gasteiger partial charge in [-0.25, -0.2) is 0 Å². The molecule has 1 saturated carbocycles. The third kappa shape index (κ3) is 5.11. The Morgan fingerprint density at radius 3 is 2.63 bits per heavy atom. The minimum atomic E-state index is 0. The van der Waals surface area contributed by atoms with Crippen LogP contribution < -0.4 is 11.1 Å². The lowest BCUT2D eigenvalue weighted by Gasteiger charge is -2.10. The monoisotopic (exact) mass is 282 g/mol. The fourth-order valence-corrected chi connectivity index (χ4v) is 2.67. The molecule has 4 heteroatoms. The maximum atomic E-state index is 11.8. The van der Waals surface area contributed by atoms with Crippen LogP contribution >= 0.6 is 12.4 Å². The molecule has 19 heavy (non-hydrogen) atoms. The van der Waals surface area contributed by atoms with E-state index in [-0.39, 0.29) is 18.3 Å². The van der Waals surface area contributed by atoms with Gasteiger partial charge >= 0.3 is 0 Å². The molecule has 3 N–H and O–H groups in total. The first-order valence-electron chi connectivity index (χ1n) is 6.90. The van der Waals surface area contributed by atoms with Gasteiger partial charge in [-0.05, 0) is 30.9 Å². The van der Waals surface area contributed by atoms with E-state index >= 15 is 0 Å². The number of anilines is 2. The molecule has 106 valence electrons. The van der Waals surface area contributed by atoms with Crippen LogP contribution in [0.25, 0.3) is 0 Å². The van der Waals surface area contributed by atoms with Crippen molar-refractivity contribution in [3.05, 3.63) is 24.3 Å². The molecule has 1 aliphatic carbocycles. The van der Waals surface area contributed by atoms with Crippen molar-refractivity contribution >= 4 is 29.7 Å². The largest absolute Gasteiger partial charge is 0.397 e. The van der Waals surface area contributed by atoms with Gasteiger partial charge in [0.25, 0.3) is 0 Å². The molecule has 0 heterocycles. The van der Waals surface area contributed by atoms with Crippen LogP contribution in [0.1, 0.15) is 44.9 Å². The first kappa shape index (κ1) is 15.8. The normalized spacial score (nSPS) is 14.9. The minimum absolute atomic E-state index is 0. The highest BCUT2D eigenvalue weighted by Gasteiger charge is 2.15. The summed E-state index contributed by atoms with van der Waals surface area (Å²) in [5, 5.41) is 2.87. The van der Waals surface area contributed by atoms with Crippen LogP contribution in [0.4, 0.5) is 11.4 Å². The van der Waals surface area contributed by atoms with Crippen molar-refractivity contribution in [1.82, 2.24) is 0 Å². The summed E-state index contributed by atoms with van der Waals surface area (Å²) in [6, 6.07) is 7.38. The Labute approximate surface area is 121 Å². The van der Waals surface area contributed by atoms with E-state index in [0.717, 1.165) is 18.0 Å². The third-order valence-corrected chi connectivity index (χ3v) is 3.73. The first-order valence-corrected chi connectivity index (χ1v) is 6.90. The smallest absolute Gasteiger partial charge is 0.224 e. The number of nitrogen functional groups attached to an aromatic ring is 1. The average molecular weight is 283 g/mol. The molecular formula is C15H23ClN2O. The molecule has 1 fully saturated rings. The van der Waals surface area contributed by atoms with Crippen LogP contribution in [-0.2, 0) is 4.79 Å². The number of nitrogens with two attached hydrogens (primary N) is 1. The van der Waals surface area contributed by atoms with Crippen molar-refractivity contribution in [2.24, 2.45) is 5.92 Å². The van der Waals surface area contributed by atoms with E-state index in [4.69, 9.17) is 5.73 Å². The molecule has 1 aromatic rings. The molecule has 0 atom stereocenters. The zero-order valence-corrected chi connectivity index (χ0v) is 12.0. The second kappa shape index (κ2) is 8.05. The molecule has 0 saturated heterocycles. The summed E-state index contributed by atoms with van der Waals surface area (Å²) in [7, 11) is 0. The molecule has 3 nitrogen and oxygen atoms in total. The highest BCUT2D eigenvalue weighted by molar-refractivity contribution is 5.93. The molecule has 0 aromatic heterocycles. The van der Waals surface area contributed by atoms with E-state index in [0.29, 0.717) is 12.1 Å². The van der Waals surface area contributed by atoms with Crippen molar-refractivity contribution in [1.29, 1.82) is 0 Å². The lowest BCUT2D eigenvalue weighted by Crippen LogP contribution is -2.12. The van der Waals surface area contributed by atoms with E-state index in [2.05, 4.69) is 5.32 Å². The number of para-hydroxylation sites is 2.